The first-order chi connectivity index (χ1) is 8.78. The van der Waals surface area contributed by atoms with E-state index in [0.717, 1.165) is 35.6 Å². The molecule has 0 N–H and O–H groups in total. The van der Waals surface area contributed by atoms with Crippen LogP contribution in [0.25, 0.3) is 0 Å². The molecule has 3 nitrogen and oxygen atoms in total. The molecule has 2 heterocycles. The van der Waals surface area contributed by atoms with Crippen LogP contribution in [0.4, 0.5) is 11.5 Å². The van der Waals surface area contributed by atoms with Crippen LogP contribution in [-0.2, 0) is 12.8 Å². The van der Waals surface area contributed by atoms with Crippen molar-refractivity contribution in [1.82, 2.24) is 9.97 Å². The molecule has 4 heteroatoms. The minimum absolute atomic E-state index is 0.849. The van der Waals surface area contributed by atoms with Gasteiger partial charge in [0.15, 0.2) is 0 Å². The van der Waals surface area contributed by atoms with E-state index in [4.69, 9.17) is 0 Å². The Morgan fingerprint density at radius 2 is 2.11 bits per heavy atom. The second kappa shape index (κ2) is 4.69. The first kappa shape index (κ1) is 11.7. The number of fused-ring (bicyclic) bond motifs is 1. The van der Waals surface area contributed by atoms with E-state index in [-0.39, 0.29) is 0 Å². The van der Waals surface area contributed by atoms with Crippen LogP contribution in [0.2, 0.25) is 0 Å². The van der Waals surface area contributed by atoms with Crippen LogP contribution in [0.15, 0.2) is 34.9 Å². The number of nitrogens with zero attached hydrogens (tertiary/aromatic N) is 3. The zero-order chi connectivity index (χ0) is 12.5. The van der Waals surface area contributed by atoms with Crippen molar-refractivity contribution < 1.29 is 0 Å². The van der Waals surface area contributed by atoms with Gasteiger partial charge in [0, 0.05) is 24.7 Å². The lowest BCUT2D eigenvalue weighted by Crippen LogP contribution is -2.16. The van der Waals surface area contributed by atoms with Gasteiger partial charge in [0.2, 0.25) is 0 Å². The molecule has 2 aromatic rings. The van der Waals surface area contributed by atoms with Crippen molar-refractivity contribution in [3.8, 4) is 0 Å². The van der Waals surface area contributed by atoms with Crippen molar-refractivity contribution in [2.75, 3.05) is 11.4 Å². The smallest absolute Gasteiger partial charge is 0.137 e. The maximum absolute atomic E-state index is 4.62. The molecule has 0 spiro atoms. The normalized spacial score (nSPS) is 13.8. The third kappa shape index (κ3) is 2.01. The summed E-state index contributed by atoms with van der Waals surface area (Å²) in [6, 6.07) is 10.5. The zero-order valence-corrected chi connectivity index (χ0v) is 11.8. The van der Waals surface area contributed by atoms with Gasteiger partial charge in [-0.25, -0.2) is 9.97 Å². The molecule has 0 amide bonds. The van der Waals surface area contributed by atoms with Gasteiger partial charge in [0.25, 0.3) is 0 Å². The van der Waals surface area contributed by atoms with Crippen LogP contribution >= 0.6 is 15.9 Å². The van der Waals surface area contributed by atoms with E-state index >= 15 is 0 Å². The molecule has 0 bridgehead atoms. The zero-order valence-electron chi connectivity index (χ0n) is 10.2. The fourth-order valence-electron chi connectivity index (χ4n) is 2.32. The summed E-state index contributed by atoms with van der Waals surface area (Å²) in [4.78, 5) is 11.2. The van der Waals surface area contributed by atoms with Gasteiger partial charge in [-0.15, -0.1) is 0 Å². The van der Waals surface area contributed by atoms with Crippen molar-refractivity contribution in [3.63, 3.8) is 0 Å². The number of halogens is 1. The predicted molar refractivity (Wildman–Crippen MR) is 76.3 cm³/mol. The van der Waals surface area contributed by atoms with Gasteiger partial charge in [-0.1, -0.05) is 25.1 Å². The number of hydrogen-bond acceptors (Lipinski definition) is 3. The van der Waals surface area contributed by atoms with E-state index in [2.05, 4.69) is 62.0 Å². The molecule has 1 aromatic carbocycles. The third-order valence-electron chi connectivity index (χ3n) is 3.21. The van der Waals surface area contributed by atoms with E-state index in [1.807, 2.05) is 6.07 Å². The van der Waals surface area contributed by atoms with Crippen LogP contribution in [0, 0.1) is 0 Å². The molecule has 0 unspecified atom stereocenters. The molecule has 18 heavy (non-hydrogen) atoms. The average molecular weight is 304 g/mol. The summed E-state index contributed by atoms with van der Waals surface area (Å²) in [6.07, 6.45) is 1.93. The Balaban J connectivity index is 2.04. The van der Waals surface area contributed by atoms with E-state index in [0.29, 0.717) is 0 Å². The second-order valence-corrected chi connectivity index (χ2v) is 5.16. The number of para-hydroxylation sites is 1. The quantitative estimate of drug-likeness (QED) is 0.795. The highest BCUT2D eigenvalue weighted by Crippen LogP contribution is 2.33. The Labute approximate surface area is 115 Å². The Kier molecular flexibility index (Phi) is 3.04. The van der Waals surface area contributed by atoms with Crippen molar-refractivity contribution in [3.05, 3.63) is 46.3 Å². The van der Waals surface area contributed by atoms with E-state index in [1.165, 1.54) is 11.3 Å². The SMILES string of the molecule is CCc1nc(Br)cc(N2CCc3ccccc32)n1. The van der Waals surface area contributed by atoms with Gasteiger partial charge >= 0.3 is 0 Å². The molecule has 0 atom stereocenters. The van der Waals surface area contributed by atoms with E-state index in [9.17, 15) is 0 Å². The Morgan fingerprint density at radius 3 is 2.94 bits per heavy atom. The van der Waals surface area contributed by atoms with Crippen LogP contribution < -0.4 is 4.90 Å². The van der Waals surface area contributed by atoms with Gasteiger partial charge < -0.3 is 4.90 Å². The maximum Gasteiger partial charge on any atom is 0.137 e. The molecule has 0 saturated carbocycles. The monoisotopic (exact) mass is 303 g/mol. The molecule has 0 saturated heterocycles. The first-order valence-corrected chi connectivity index (χ1v) is 6.96. The fraction of sp³-hybridized carbons (Fsp3) is 0.286. The standard InChI is InChI=1S/C14H14BrN3/c1-2-13-16-12(15)9-14(17-13)18-8-7-10-5-3-4-6-11(10)18/h3-6,9H,2,7-8H2,1H3. The van der Waals surface area contributed by atoms with Gasteiger partial charge in [0.05, 0.1) is 0 Å². The highest BCUT2D eigenvalue weighted by Gasteiger charge is 2.21. The van der Waals surface area contributed by atoms with Crippen molar-refractivity contribution in [2.24, 2.45) is 0 Å². The molecule has 1 aliphatic rings. The fourth-order valence-corrected chi connectivity index (χ4v) is 2.73. The van der Waals surface area contributed by atoms with Crippen LogP contribution in [0.5, 0.6) is 0 Å². The maximum atomic E-state index is 4.62. The van der Waals surface area contributed by atoms with Crippen LogP contribution in [0.1, 0.15) is 18.3 Å². The lowest BCUT2D eigenvalue weighted by Gasteiger charge is -2.18. The highest BCUT2D eigenvalue weighted by molar-refractivity contribution is 9.10. The number of anilines is 2. The minimum atomic E-state index is 0.849. The molecule has 1 aromatic heterocycles. The Morgan fingerprint density at radius 1 is 1.28 bits per heavy atom. The second-order valence-electron chi connectivity index (χ2n) is 4.35. The van der Waals surface area contributed by atoms with Gasteiger partial charge in [-0.2, -0.15) is 0 Å². The number of aryl methyl sites for hydroxylation is 1. The average Bonchev–Trinajstić information content (AvgIpc) is 2.81. The largest absolute Gasteiger partial charge is 0.326 e. The van der Waals surface area contributed by atoms with Gasteiger partial charge in [-0.05, 0) is 34.0 Å². The number of aromatic nitrogens is 2. The van der Waals surface area contributed by atoms with Gasteiger partial charge in [-0.3, -0.25) is 0 Å². The summed E-state index contributed by atoms with van der Waals surface area (Å²) < 4.78 is 0.855. The molecular weight excluding hydrogens is 290 g/mol. The van der Waals surface area contributed by atoms with Crippen molar-refractivity contribution >= 4 is 27.4 Å². The molecule has 0 fully saturated rings. The number of hydrogen-bond donors (Lipinski definition) is 0. The summed E-state index contributed by atoms with van der Waals surface area (Å²) in [7, 11) is 0. The summed E-state index contributed by atoms with van der Waals surface area (Å²) in [5, 5.41) is 0. The van der Waals surface area contributed by atoms with Crippen LogP contribution in [0.3, 0.4) is 0 Å². The molecule has 0 aliphatic carbocycles. The molecule has 3 rings (SSSR count). The third-order valence-corrected chi connectivity index (χ3v) is 3.61. The molecular formula is C14H14BrN3. The van der Waals surface area contributed by atoms with Gasteiger partial charge in [0.1, 0.15) is 16.2 Å². The lowest BCUT2D eigenvalue weighted by atomic mass is 10.2. The number of rotatable bonds is 2. The summed E-state index contributed by atoms with van der Waals surface area (Å²) in [6.45, 7) is 3.06. The molecule has 1 aliphatic heterocycles. The highest BCUT2D eigenvalue weighted by atomic mass is 79.9. The van der Waals surface area contributed by atoms with E-state index < -0.39 is 0 Å². The first-order valence-electron chi connectivity index (χ1n) is 6.17. The van der Waals surface area contributed by atoms with E-state index in [1.54, 1.807) is 0 Å². The van der Waals surface area contributed by atoms with Crippen molar-refractivity contribution in [2.45, 2.75) is 19.8 Å². The summed E-state index contributed by atoms with van der Waals surface area (Å²) in [5.41, 5.74) is 2.66. The molecule has 0 radical (unpaired) electrons. The molecule has 92 valence electrons. The topological polar surface area (TPSA) is 29.0 Å². The van der Waals surface area contributed by atoms with Crippen molar-refractivity contribution in [1.29, 1.82) is 0 Å². The minimum Gasteiger partial charge on any atom is -0.326 e. The predicted octanol–water partition coefficient (Wildman–Crippen LogP) is 3.50. The summed E-state index contributed by atoms with van der Waals surface area (Å²) in [5.74, 6) is 1.86. The summed E-state index contributed by atoms with van der Waals surface area (Å²) >= 11 is 3.46. The van der Waals surface area contributed by atoms with Crippen LogP contribution in [-0.4, -0.2) is 16.5 Å². The number of benzene rings is 1. The Hall–Kier alpha value is -1.42. The lowest BCUT2D eigenvalue weighted by molar-refractivity contribution is 0.894. The Bertz CT molecular complexity index is 583.